The van der Waals surface area contributed by atoms with Gasteiger partial charge in [0.1, 0.15) is 11.4 Å². The van der Waals surface area contributed by atoms with Crippen LogP contribution in [-0.2, 0) is 17.5 Å². The van der Waals surface area contributed by atoms with Gasteiger partial charge in [0.2, 0.25) is 0 Å². The molecule has 14 heteroatoms. The Bertz CT molecular complexity index is 1650. The summed E-state index contributed by atoms with van der Waals surface area (Å²) in [6, 6.07) is 3.96. The number of H-pyrrole nitrogens is 1. The number of alkyl halides is 3. The van der Waals surface area contributed by atoms with Crippen LogP contribution >= 0.6 is 0 Å². The second-order valence-corrected chi connectivity index (χ2v) is 9.77. The Balaban J connectivity index is 1.26. The fourth-order valence-electron chi connectivity index (χ4n) is 4.79. The van der Waals surface area contributed by atoms with E-state index in [9.17, 15) is 22.8 Å². The van der Waals surface area contributed by atoms with E-state index in [1.807, 2.05) is 0 Å². The molecule has 0 amide bonds. The summed E-state index contributed by atoms with van der Waals surface area (Å²) >= 11 is 0. The zero-order valence-electron chi connectivity index (χ0n) is 22.0. The number of morpholine rings is 1. The second-order valence-electron chi connectivity index (χ2n) is 9.77. The van der Waals surface area contributed by atoms with Crippen molar-refractivity contribution in [2.75, 3.05) is 36.5 Å². The van der Waals surface area contributed by atoms with Gasteiger partial charge in [-0.1, -0.05) is 0 Å². The number of ether oxygens (including phenoxy) is 1. The lowest BCUT2D eigenvalue weighted by Gasteiger charge is -2.28. The molecule has 5 rings (SSSR count). The topological polar surface area (TPSA) is 118 Å². The van der Waals surface area contributed by atoms with Crippen LogP contribution in [-0.4, -0.2) is 57.1 Å². The Hall–Kier alpha value is -4.33. The van der Waals surface area contributed by atoms with Crippen LogP contribution in [0.1, 0.15) is 25.3 Å². The molecule has 0 saturated carbocycles. The number of nitrogens with zero attached hydrogens (tertiary/aromatic N) is 5. The maximum Gasteiger partial charge on any atom is 0.423 e. The van der Waals surface area contributed by atoms with Crippen molar-refractivity contribution in [2.24, 2.45) is 0 Å². The summed E-state index contributed by atoms with van der Waals surface area (Å²) in [6.45, 7) is 4.60. The maximum atomic E-state index is 15.1. The molecule has 4 heterocycles. The van der Waals surface area contributed by atoms with E-state index in [1.54, 1.807) is 42.7 Å². The normalized spacial score (nSPS) is 14.8. The summed E-state index contributed by atoms with van der Waals surface area (Å²) in [4.78, 5) is 35.5. The summed E-state index contributed by atoms with van der Waals surface area (Å²) < 4.78 is 61.7. The first-order valence-electron chi connectivity index (χ1n) is 13.0. The fourth-order valence-corrected chi connectivity index (χ4v) is 4.79. The lowest BCUT2D eigenvalue weighted by atomic mass is 10.1. The number of pyridine rings is 1. The zero-order valence-corrected chi connectivity index (χ0v) is 22.0. The van der Waals surface area contributed by atoms with E-state index in [4.69, 9.17) is 4.74 Å². The minimum atomic E-state index is -4.84. The van der Waals surface area contributed by atoms with Gasteiger partial charge in [-0.2, -0.15) is 18.3 Å². The van der Waals surface area contributed by atoms with Crippen molar-refractivity contribution in [3.63, 3.8) is 0 Å². The number of fused-ring (bicyclic) bond motifs is 1. The average Bonchev–Trinajstić information content (AvgIpc) is 2.94. The number of nitrogens with one attached hydrogen (secondary N) is 2. The molecule has 216 valence electrons. The van der Waals surface area contributed by atoms with Crippen LogP contribution in [0.25, 0.3) is 22.2 Å². The highest BCUT2D eigenvalue weighted by molar-refractivity contribution is 5.86. The molecule has 2 N–H and O–H groups in total. The molecule has 0 spiro atoms. The summed E-state index contributed by atoms with van der Waals surface area (Å²) in [7, 11) is 0. The molecule has 1 aromatic carbocycles. The predicted octanol–water partition coefficient (Wildman–Crippen LogP) is 3.82. The monoisotopic (exact) mass is 573 g/mol. The summed E-state index contributed by atoms with van der Waals surface area (Å²) in [5.41, 5.74) is -2.48. The van der Waals surface area contributed by atoms with Crippen molar-refractivity contribution in [1.82, 2.24) is 24.7 Å². The third kappa shape index (κ3) is 6.21. The van der Waals surface area contributed by atoms with E-state index in [0.717, 1.165) is 25.0 Å². The molecule has 1 fully saturated rings. The van der Waals surface area contributed by atoms with E-state index in [1.165, 1.54) is 10.6 Å². The first-order chi connectivity index (χ1) is 19.6. The van der Waals surface area contributed by atoms with Crippen LogP contribution < -0.4 is 21.3 Å². The largest absolute Gasteiger partial charge is 0.423 e. The van der Waals surface area contributed by atoms with Crippen LogP contribution in [0.5, 0.6) is 0 Å². The van der Waals surface area contributed by atoms with Crippen molar-refractivity contribution in [3.8, 4) is 11.4 Å². The van der Waals surface area contributed by atoms with Gasteiger partial charge in [-0.3, -0.25) is 9.59 Å². The van der Waals surface area contributed by atoms with Gasteiger partial charge in [0.25, 0.3) is 11.1 Å². The number of hydrogen-bond acceptors (Lipinski definition) is 8. The Morgan fingerprint density at radius 3 is 2.56 bits per heavy atom. The second kappa shape index (κ2) is 11.6. The SMILES string of the molecule is C[C@@H](CCCn1ccc2cc(-c3ncc(N4CCOCC4)cn3)c(F)cc2c1=O)Nc1cn[nH]c(=O)c1C(F)(F)F. The quantitative estimate of drug-likeness (QED) is 0.306. The summed E-state index contributed by atoms with van der Waals surface area (Å²) in [5, 5.41) is 8.64. The van der Waals surface area contributed by atoms with E-state index < -0.39 is 40.4 Å². The minimum Gasteiger partial charge on any atom is -0.381 e. The molecule has 1 atom stereocenters. The van der Waals surface area contributed by atoms with E-state index in [0.29, 0.717) is 31.4 Å². The van der Waals surface area contributed by atoms with Gasteiger partial charge < -0.3 is 19.5 Å². The van der Waals surface area contributed by atoms with Gasteiger partial charge in [0.05, 0.1) is 54.1 Å². The zero-order chi connectivity index (χ0) is 29.1. The minimum absolute atomic E-state index is 0.176. The van der Waals surface area contributed by atoms with Crippen LogP contribution in [0.4, 0.5) is 28.9 Å². The highest BCUT2D eigenvalue weighted by Crippen LogP contribution is 2.32. The Morgan fingerprint density at radius 2 is 1.85 bits per heavy atom. The Kier molecular flexibility index (Phi) is 8.01. The molecule has 3 aromatic heterocycles. The van der Waals surface area contributed by atoms with Gasteiger partial charge in [-0.15, -0.1) is 0 Å². The molecule has 0 radical (unpaired) electrons. The Labute approximate surface area is 231 Å². The van der Waals surface area contributed by atoms with Gasteiger partial charge in [-0.05, 0) is 43.4 Å². The van der Waals surface area contributed by atoms with Gasteiger partial charge >= 0.3 is 6.18 Å². The average molecular weight is 574 g/mol. The number of aryl methyl sites for hydroxylation is 1. The van der Waals surface area contributed by atoms with Gasteiger partial charge in [0.15, 0.2) is 5.82 Å². The molecule has 1 aliphatic heterocycles. The van der Waals surface area contributed by atoms with Crippen molar-refractivity contribution in [1.29, 1.82) is 0 Å². The smallest absolute Gasteiger partial charge is 0.381 e. The van der Waals surface area contributed by atoms with Gasteiger partial charge in [-0.25, -0.2) is 19.5 Å². The van der Waals surface area contributed by atoms with Crippen molar-refractivity contribution in [2.45, 2.75) is 38.5 Å². The number of benzene rings is 1. The number of hydrogen-bond donors (Lipinski definition) is 2. The Morgan fingerprint density at radius 1 is 1.12 bits per heavy atom. The number of aromatic nitrogens is 5. The molecular formula is C27H27F4N7O3. The molecule has 1 saturated heterocycles. The fraction of sp³-hybridized carbons (Fsp3) is 0.370. The number of halogens is 4. The highest BCUT2D eigenvalue weighted by atomic mass is 19.4. The molecule has 4 aromatic rings. The standard InChI is InChI=1S/C27H27F4N7O3/c1-16(35-22-15-34-36-25(39)23(22)27(29,30)31)3-2-5-38-6-4-17-11-20(21(28)12-19(17)26(38)40)24-32-13-18(14-33-24)37-7-9-41-10-8-37/h4,6,11-16H,2-3,5,7-10H2,1H3,(H2,35,36,39)/t16-/m0/s1. The molecule has 0 aliphatic carbocycles. The van der Waals surface area contributed by atoms with Crippen LogP contribution in [0.2, 0.25) is 0 Å². The van der Waals surface area contributed by atoms with Gasteiger partial charge in [0, 0.05) is 31.9 Å². The first-order valence-corrected chi connectivity index (χ1v) is 13.0. The van der Waals surface area contributed by atoms with Crippen molar-refractivity contribution < 1.29 is 22.3 Å². The number of rotatable bonds is 8. The van der Waals surface area contributed by atoms with Crippen LogP contribution in [0.15, 0.2) is 52.6 Å². The molecule has 0 unspecified atom stereocenters. The third-order valence-corrected chi connectivity index (χ3v) is 6.90. The number of anilines is 2. The van der Waals surface area contributed by atoms with E-state index in [2.05, 4.69) is 25.3 Å². The predicted molar refractivity (Wildman–Crippen MR) is 144 cm³/mol. The lowest BCUT2D eigenvalue weighted by Crippen LogP contribution is -2.36. The van der Waals surface area contributed by atoms with E-state index >= 15 is 4.39 Å². The highest BCUT2D eigenvalue weighted by Gasteiger charge is 2.37. The van der Waals surface area contributed by atoms with Crippen molar-refractivity contribution >= 4 is 22.1 Å². The third-order valence-electron chi connectivity index (χ3n) is 6.90. The molecular weight excluding hydrogens is 546 g/mol. The molecule has 41 heavy (non-hydrogen) atoms. The maximum absolute atomic E-state index is 15.1. The number of aromatic amines is 1. The van der Waals surface area contributed by atoms with Crippen LogP contribution in [0, 0.1) is 5.82 Å². The van der Waals surface area contributed by atoms with E-state index in [-0.39, 0.29) is 23.3 Å². The lowest BCUT2D eigenvalue weighted by molar-refractivity contribution is -0.138. The molecule has 10 nitrogen and oxygen atoms in total. The molecule has 0 bridgehead atoms. The van der Waals surface area contributed by atoms with Crippen LogP contribution in [0.3, 0.4) is 0 Å². The molecule has 1 aliphatic rings. The summed E-state index contributed by atoms with van der Waals surface area (Å²) in [5.74, 6) is -0.424. The first kappa shape index (κ1) is 28.2. The summed E-state index contributed by atoms with van der Waals surface area (Å²) in [6.07, 6.45) is 1.77. The van der Waals surface area contributed by atoms with Crippen molar-refractivity contribution in [3.05, 3.63) is 75.1 Å².